The van der Waals surface area contributed by atoms with Gasteiger partial charge in [0, 0.05) is 7.05 Å². The van der Waals surface area contributed by atoms with E-state index in [2.05, 4.69) is 16.7 Å². The van der Waals surface area contributed by atoms with Crippen molar-refractivity contribution in [1.29, 1.82) is 0 Å². The van der Waals surface area contributed by atoms with Crippen LogP contribution in [0.3, 0.4) is 0 Å². The van der Waals surface area contributed by atoms with E-state index in [4.69, 9.17) is 5.11 Å². The molecule has 0 fully saturated rings. The number of aromatic carboxylic acids is 1. The predicted octanol–water partition coefficient (Wildman–Crippen LogP) is 2.34. The molecule has 1 aromatic heterocycles. The average molecular weight is 261 g/mol. The Kier molecular flexibility index (Phi) is 3.13. The summed E-state index contributed by atoms with van der Waals surface area (Å²) in [5.74, 6) is -1.93. The number of alkyl halides is 5. The lowest BCUT2D eigenvalue weighted by atomic mass is 10.2. The Hall–Kier alpha value is -1.31. The first-order valence-corrected chi connectivity index (χ1v) is 4.19. The van der Waals surface area contributed by atoms with E-state index in [1.807, 2.05) is 0 Å². The first-order valence-electron chi connectivity index (χ1n) is 3.81. The molecular weight excluding hydrogens is 256 g/mol. The molecule has 0 saturated heterocycles. The van der Waals surface area contributed by atoms with Crippen LogP contribution in [0.15, 0.2) is 0 Å². The lowest BCUT2D eigenvalue weighted by molar-refractivity contribution is 0.0633. The van der Waals surface area contributed by atoms with Crippen molar-refractivity contribution in [2.45, 2.75) is 11.8 Å². The number of rotatable bonds is 3. The third-order valence-electron chi connectivity index (χ3n) is 1.76. The highest BCUT2D eigenvalue weighted by Crippen LogP contribution is 2.37. The number of carboxylic acids is 1. The van der Waals surface area contributed by atoms with Gasteiger partial charge in [0.05, 0.1) is 0 Å². The van der Waals surface area contributed by atoms with Crippen LogP contribution >= 0.6 is 11.6 Å². The average Bonchev–Trinajstić information content (AvgIpc) is 2.41. The quantitative estimate of drug-likeness (QED) is 0.670. The van der Waals surface area contributed by atoms with Crippen LogP contribution in [-0.4, -0.2) is 20.9 Å². The van der Waals surface area contributed by atoms with E-state index >= 15 is 0 Å². The fourth-order valence-electron chi connectivity index (χ4n) is 1.23. The summed E-state index contributed by atoms with van der Waals surface area (Å²) in [7, 11) is 0.907. The lowest BCUT2D eigenvalue weighted by Crippen LogP contribution is -2.15. The number of hydrogen-bond acceptors (Lipinski definition) is 2. The third-order valence-corrected chi connectivity index (χ3v) is 1.94. The normalized spacial score (nSPS) is 12.2. The molecule has 0 bridgehead atoms. The van der Waals surface area contributed by atoms with Gasteiger partial charge in [0.2, 0.25) is 0 Å². The molecule has 9 heteroatoms. The van der Waals surface area contributed by atoms with Crippen molar-refractivity contribution in [3.8, 4) is 0 Å². The molecule has 1 aromatic rings. The molecule has 0 aliphatic heterocycles. The molecule has 1 heterocycles. The Morgan fingerprint density at radius 1 is 1.56 bits per heavy atom. The van der Waals surface area contributed by atoms with Crippen molar-refractivity contribution in [1.82, 2.24) is 9.78 Å². The van der Waals surface area contributed by atoms with Gasteiger partial charge in [-0.3, -0.25) is 4.68 Å². The summed E-state index contributed by atoms with van der Waals surface area (Å²) >= 11 is 4.63. The zero-order chi connectivity index (χ0) is 12.7. The van der Waals surface area contributed by atoms with E-state index in [1.165, 1.54) is 0 Å². The standard InChI is InChI=1S/C7H5ClF4N2O2/c1-14-4(7(8,11)12)2(6(15)16)3(13-14)5(9)10/h5H,1H3,(H,15,16). The van der Waals surface area contributed by atoms with Gasteiger partial charge >= 0.3 is 11.4 Å². The number of hydrogen-bond donors (Lipinski definition) is 1. The first kappa shape index (κ1) is 12.8. The Morgan fingerprint density at radius 3 is 2.38 bits per heavy atom. The zero-order valence-corrected chi connectivity index (χ0v) is 8.47. The van der Waals surface area contributed by atoms with Gasteiger partial charge in [0.1, 0.15) is 17.0 Å². The van der Waals surface area contributed by atoms with E-state index < -0.39 is 34.7 Å². The summed E-state index contributed by atoms with van der Waals surface area (Å²) in [5, 5.41) is 7.53. The summed E-state index contributed by atoms with van der Waals surface area (Å²) in [4.78, 5) is 10.6. The van der Waals surface area contributed by atoms with E-state index in [1.54, 1.807) is 0 Å². The largest absolute Gasteiger partial charge is 0.478 e. The Morgan fingerprint density at radius 2 is 2.06 bits per heavy atom. The van der Waals surface area contributed by atoms with Crippen LogP contribution in [0.1, 0.15) is 28.2 Å². The molecule has 0 spiro atoms. The van der Waals surface area contributed by atoms with Crippen molar-refractivity contribution >= 4 is 17.6 Å². The molecule has 0 saturated carbocycles. The van der Waals surface area contributed by atoms with Gasteiger partial charge in [-0.05, 0) is 11.6 Å². The fourth-order valence-corrected chi connectivity index (χ4v) is 1.45. The van der Waals surface area contributed by atoms with Crippen LogP contribution in [0.4, 0.5) is 17.6 Å². The number of carbonyl (C=O) groups is 1. The second-order valence-corrected chi connectivity index (χ2v) is 3.31. The van der Waals surface area contributed by atoms with Crippen LogP contribution in [0.2, 0.25) is 0 Å². The van der Waals surface area contributed by atoms with Crippen molar-refractivity contribution < 1.29 is 27.5 Å². The third kappa shape index (κ3) is 2.11. The molecule has 1 N–H and O–H groups in total. The molecule has 4 nitrogen and oxygen atoms in total. The number of aromatic nitrogens is 2. The van der Waals surface area contributed by atoms with Gasteiger partial charge in [-0.25, -0.2) is 13.6 Å². The van der Waals surface area contributed by atoms with Crippen molar-refractivity contribution in [3.05, 3.63) is 17.0 Å². The monoisotopic (exact) mass is 260 g/mol. The highest BCUT2D eigenvalue weighted by molar-refractivity contribution is 6.22. The van der Waals surface area contributed by atoms with Gasteiger partial charge in [0.25, 0.3) is 6.43 Å². The number of aryl methyl sites for hydroxylation is 1. The van der Waals surface area contributed by atoms with Crippen LogP contribution < -0.4 is 0 Å². The Labute approximate surface area is 91.4 Å². The molecule has 16 heavy (non-hydrogen) atoms. The fraction of sp³-hybridized carbons (Fsp3) is 0.429. The summed E-state index contributed by atoms with van der Waals surface area (Å²) in [6, 6.07) is 0. The smallest absolute Gasteiger partial charge is 0.365 e. The van der Waals surface area contributed by atoms with Crippen molar-refractivity contribution in [2.24, 2.45) is 7.05 Å². The molecule has 0 aromatic carbocycles. The summed E-state index contributed by atoms with van der Waals surface area (Å²) in [6.45, 7) is 0. The van der Waals surface area contributed by atoms with Crippen LogP contribution in [0, 0.1) is 0 Å². The second-order valence-electron chi connectivity index (χ2n) is 2.84. The molecule has 0 atom stereocenters. The van der Waals surface area contributed by atoms with Crippen LogP contribution in [-0.2, 0) is 12.4 Å². The molecular formula is C7H5ClF4N2O2. The highest BCUT2D eigenvalue weighted by atomic mass is 35.5. The minimum atomic E-state index is -4.08. The maximum atomic E-state index is 12.8. The molecule has 0 amide bonds. The second kappa shape index (κ2) is 3.93. The summed E-state index contributed by atoms with van der Waals surface area (Å²) < 4.78 is 50.6. The van der Waals surface area contributed by atoms with E-state index in [0.717, 1.165) is 7.05 Å². The number of nitrogens with zero attached hydrogens (tertiary/aromatic N) is 2. The molecule has 90 valence electrons. The minimum absolute atomic E-state index is 0.331. The van der Waals surface area contributed by atoms with Gasteiger partial charge in [-0.15, -0.1) is 0 Å². The summed E-state index contributed by atoms with van der Waals surface area (Å²) in [5.41, 5.74) is -3.76. The predicted molar refractivity (Wildman–Crippen MR) is 44.9 cm³/mol. The molecule has 0 radical (unpaired) electrons. The molecule has 0 aliphatic carbocycles. The molecule has 1 rings (SSSR count). The van der Waals surface area contributed by atoms with Crippen molar-refractivity contribution in [3.63, 3.8) is 0 Å². The SMILES string of the molecule is Cn1nc(C(F)F)c(C(=O)O)c1C(F)(F)Cl. The van der Waals surface area contributed by atoms with Crippen molar-refractivity contribution in [2.75, 3.05) is 0 Å². The van der Waals surface area contributed by atoms with Gasteiger partial charge in [-0.1, -0.05) is 0 Å². The first-order chi connectivity index (χ1) is 7.16. The van der Waals surface area contributed by atoms with E-state index in [-0.39, 0.29) is 0 Å². The maximum Gasteiger partial charge on any atom is 0.365 e. The Bertz CT molecular complexity index is 427. The summed E-state index contributed by atoms with van der Waals surface area (Å²) in [6.07, 6.45) is -3.27. The topological polar surface area (TPSA) is 55.1 Å². The van der Waals surface area contributed by atoms with Gasteiger partial charge in [0.15, 0.2) is 0 Å². The van der Waals surface area contributed by atoms with Crippen LogP contribution in [0.5, 0.6) is 0 Å². The highest BCUT2D eigenvalue weighted by Gasteiger charge is 2.41. The van der Waals surface area contributed by atoms with Crippen LogP contribution in [0.25, 0.3) is 0 Å². The zero-order valence-electron chi connectivity index (χ0n) is 7.72. The van der Waals surface area contributed by atoms with Gasteiger partial charge < -0.3 is 5.11 Å². The van der Waals surface area contributed by atoms with E-state index in [0.29, 0.717) is 4.68 Å². The van der Waals surface area contributed by atoms with E-state index in [9.17, 15) is 22.4 Å². The Balaban J connectivity index is 3.55. The number of halogens is 5. The maximum absolute atomic E-state index is 12.8. The minimum Gasteiger partial charge on any atom is -0.478 e. The van der Waals surface area contributed by atoms with Gasteiger partial charge in [-0.2, -0.15) is 13.9 Å². The molecule has 0 unspecified atom stereocenters. The molecule has 0 aliphatic rings. The number of carboxylic acid groups (broad SMARTS) is 1. The lowest BCUT2D eigenvalue weighted by Gasteiger charge is -2.09.